The fourth-order valence-corrected chi connectivity index (χ4v) is 2.92. The van der Waals surface area contributed by atoms with Gasteiger partial charge in [0.05, 0.1) is 24.6 Å². The zero-order chi connectivity index (χ0) is 16.9. The van der Waals surface area contributed by atoms with Crippen molar-refractivity contribution >= 4 is 0 Å². The van der Waals surface area contributed by atoms with E-state index in [4.69, 9.17) is 4.74 Å². The summed E-state index contributed by atoms with van der Waals surface area (Å²) in [5.41, 5.74) is 1.64. The maximum Gasteiger partial charge on any atom is 0.128 e. The zero-order valence-corrected chi connectivity index (χ0v) is 14.4. The molecule has 1 saturated heterocycles. The third kappa shape index (κ3) is 4.39. The van der Waals surface area contributed by atoms with Crippen molar-refractivity contribution in [3.63, 3.8) is 0 Å². The molecule has 0 spiro atoms. The van der Waals surface area contributed by atoms with E-state index < -0.39 is 0 Å². The van der Waals surface area contributed by atoms with Gasteiger partial charge < -0.3 is 4.74 Å². The highest BCUT2D eigenvalue weighted by molar-refractivity contribution is 5.16. The first-order valence-corrected chi connectivity index (χ1v) is 8.60. The number of nitrogens with zero attached hydrogens (tertiary/aromatic N) is 4. The second-order valence-electron chi connectivity index (χ2n) is 6.66. The zero-order valence-electron chi connectivity index (χ0n) is 14.4. The number of hydrogen-bond acceptors (Lipinski definition) is 4. The van der Waals surface area contributed by atoms with Gasteiger partial charge in [-0.05, 0) is 32.8 Å². The molecule has 0 bridgehead atoms. The second-order valence-corrected chi connectivity index (χ2v) is 6.66. The quantitative estimate of drug-likeness (QED) is 0.815. The lowest BCUT2D eigenvalue weighted by atomic mass is 10.1. The molecule has 2 heterocycles. The Hall–Kier alpha value is -1.79. The Morgan fingerprint density at radius 3 is 2.67 bits per heavy atom. The Bertz CT molecular complexity index is 650. The molecule has 1 aliphatic heterocycles. The van der Waals surface area contributed by atoms with Crippen molar-refractivity contribution in [3.8, 4) is 0 Å². The Labute approximate surface area is 142 Å². The van der Waals surface area contributed by atoms with Crippen LogP contribution >= 0.6 is 0 Å². The first-order chi connectivity index (χ1) is 11.6. The van der Waals surface area contributed by atoms with Crippen molar-refractivity contribution in [1.29, 1.82) is 0 Å². The van der Waals surface area contributed by atoms with E-state index in [1.165, 1.54) is 6.07 Å². The Kier molecular flexibility index (Phi) is 5.58. The average Bonchev–Trinajstić information content (AvgIpc) is 3.04. The summed E-state index contributed by atoms with van der Waals surface area (Å²) in [6.07, 6.45) is 4.15. The maximum absolute atomic E-state index is 13.6. The molecule has 0 unspecified atom stereocenters. The van der Waals surface area contributed by atoms with Crippen molar-refractivity contribution in [2.24, 2.45) is 0 Å². The smallest absolute Gasteiger partial charge is 0.128 e. The van der Waals surface area contributed by atoms with E-state index in [-0.39, 0.29) is 11.9 Å². The van der Waals surface area contributed by atoms with Crippen LogP contribution in [0.4, 0.5) is 4.39 Å². The van der Waals surface area contributed by atoms with Crippen molar-refractivity contribution in [2.75, 3.05) is 13.1 Å². The molecule has 3 rings (SSSR count). The fourth-order valence-electron chi connectivity index (χ4n) is 2.92. The maximum atomic E-state index is 13.6. The molecule has 0 aliphatic carbocycles. The van der Waals surface area contributed by atoms with E-state index >= 15 is 0 Å². The van der Waals surface area contributed by atoms with Crippen molar-refractivity contribution in [2.45, 2.75) is 52.0 Å². The molecule has 0 radical (unpaired) electrons. The summed E-state index contributed by atoms with van der Waals surface area (Å²) in [7, 11) is 0. The molecule has 24 heavy (non-hydrogen) atoms. The molecule has 130 valence electrons. The van der Waals surface area contributed by atoms with E-state index in [1.807, 2.05) is 16.9 Å². The number of ether oxygens (including phenoxy) is 1. The lowest BCUT2D eigenvalue weighted by molar-refractivity contribution is -0.00514. The predicted molar refractivity (Wildman–Crippen MR) is 89.9 cm³/mol. The predicted octanol–water partition coefficient (Wildman–Crippen LogP) is 3.18. The average molecular weight is 332 g/mol. The fraction of sp³-hybridized carbons (Fsp3) is 0.556. The van der Waals surface area contributed by atoms with Gasteiger partial charge in [0.25, 0.3) is 0 Å². The third-order valence-electron chi connectivity index (χ3n) is 4.44. The van der Waals surface area contributed by atoms with Crippen LogP contribution in [0, 0.1) is 5.82 Å². The van der Waals surface area contributed by atoms with E-state index in [0.29, 0.717) is 18.2 Å². The normalized spacial score (nSPS) is 16.8. The molecule has 0 saturated carbocycles. The number of hydrogen-bond donors (Lipinski definition) is 0. The minimum absolute atomic E-state index is 0.192. The molecular formula is C18H25FN4O. The van der Waals surface area contributed by atoms with Crippen LogP contribution in [0.5, 0.6) is 0 Å². The SMILES string of the molecule is CC(C)n1cc(CN2CCC(OCc3ccccc3F)CC2)nn1. The molecule has 0 atom stereocenters. The molecule has 6 heteroatoms. The van der Waals surface area contributed by atoms with Gasteiger partial charge in [-0.15, -0.1) is 5.10 Å². The second kappa shape index (κ2) is 7.85. The summed E-state index contributed by atoms with van der Waals surface area (Å²) >= 11 is 0. The molecular weight excluding hydrogens is 307 g/mol. The van der Waals surface area contributed by atoms with Crippen LogP contribution in [0.25, 0.3) is 0 Å². The van der Waals surface area contributed by atoms with Gasteiger partial charge in [-0.3, -0.25) is 4.90 Å². The summed E-state index contributed by atoms with van der Waals surface area (Å²) in [4.78, 5) is 2.37. The van der Waals surface area contributed by atoms with E-state index in [2.05, 4.69) is 29.1 Å². The van der Waals surface area contributed by atoms with Gasteiger partial charge in [0, 0.05) is 31.2 Å². The summed E-state index contributed by atoms with van der Waals surface area (Å²) in [6, 6.07) is 7.14. The van der Waals surface area contributed by atoms with Gasteiger partial charge in [0.15, 0.2) is 0 Å². The Balaban J connectivity index is 1.43. The van der Waals surface area contributed by atoms with Gasteiger partial charge in [-0.1, -0.05) is 23.4 Å². The first-order valence-electron chi connectivity index (χ1n) is 8.60. The molecule has 1 fully saturated rings. The Morgan fingerprint density at radius 1 is 1.25 bits per heavy atom. The topological polar surface area (TPSA) is 43.2 Å². The van der Waals surface area contributed by atoms with Gasteiger partial charge in [0.2, 0.25) is 0 Å². The number of aromatic nitrogens is 3. The molecule has 0 N–H and O–H groups in total. The summed E-state index contributed by atoms with van der Waals surface area (Å²) in [5, 5.41) is 8.38. The first kappa shape index (κ1) is 17.0. The summed E-state index contributed by atoms with van der Waals surface area (Å²) in [6.45, 7) is 7.30. The highest BCUT2D eigenvalue weighted by atomic mass is 19.1. The summed E-state index contributed by atoms with van der Waals surface area (Å²) in [5.74, 6) is -0.192. The van der Waals surface area contributed by atoms with Gasteiger partial charge >= 0.3 is 0 Å². The minimum atomic E-state index is -0.192. The molecule has 1 aromatic carbocycles. The van der Waals surface area contributed by atoms with Crippen LogP contribution in [-0.4, -0.2) is 39.1 Å². The van der Waals surface area contributed by atoms with Crippen molar-refractivity contribution < 1.29 is 9.13 Å². The lowest BCUT2D eigenvalue weighted by Gasteiger charge is -2.31. The van der Waals surface area contributed by atoms with Crippen molar-refractivity contribution in [3.05, 3.63) is 47.5 Å². The number of halogens is 1. The third-order valence-corrected chi connectivity index (χ3v) is 4.44. The van der Waals surface area contributed by atoms with Crippen LogP contribution in [-0.2, 0) is 17.9 Å². The van der Waals surface area contributed by atoms with Crippen LogP contribution in [0.2, 0.25) is 0 Å². The highest BCUT2D eigenvalue weighted by Gasteiger charge is 2.21. The van der Waals surface area contributed by atoms with Crippen LogP contribution < -0.4 is 0 Å². The van der Waals surface area contributed by atoms with Crippen LogP contribution in [0.15, 0.2) is 30.5 Å². The molecule has 0 amide bonds. The Morgan fingerprint density at radius 2 is 2.00 bits per heavy atom. The van der Waals surface area contributed by atoms with Crippen molar-refractivity contribution in [1.82, 2.24) is 19.9 Å². The standard InChI is InChI=1S/C18H25FN4O/c1-14(2)23-12-16(20-21-23)11-22-9-7-17(8-10-22)24-13-15-5-3-4-6-18(15)19/h3-6,12,14,17H,7-11,13H2,1-2H3. The van der Waals surface area contributed by atoms with Crippen LogP contribution in [0.1, 0.15) is 44.0 Å². The van der Waals surface area contributed by atoms with Gasteiger partial charge in [-0.2, -0.15) is 0 Å². The number of likely N-dealkylation sites (tertiary alicyclic amines) is 1. The van der Waals surface area contributed by atoms with E-state index in [9.17, 15) is 4.39 Å². The highest BCUT2D eigenvalue weighted by Crippen LogP contribution is 2.18. The number of benzene rings is 1. The van der Waals surface area contributed by atoms with E-state index in [1.54, 1.807) is 12.1 Å². The number of piperidine rings is 1. The lowest BCUT2D eigenvalue weighted by Crippen LogP contribution is -2.36. The largest absolute Gasteiger partial charge is 0.373 e. The van der Waals surface area contributed by atoms with Crippen LogP contribution in [0.3, 0.4) is 0 Å². The number of rotatable bonds is 6. The minimum Gasteiger partial charge on any atom is -0.373 e. The molecule has 1 aromatic heterocycles. The monoisotopic (exact) mass is 332 g/mol. The summed E-state index contributed by atoms with van der Waals surface area (Å²) < 4.78 is 21.4. The molecule has 2 aromatic rings. The van der Waals surface area contributed by atoms with Gasteiger partial charge in [-0.25, -0.2) is 9.07 Å². The molecule has 5 nitrogen and oxygen atoms in total. The molecule has 1 aliphatic rings. The van der Waals surface area contributed by atoms with E-state index in [0.717, 1.165) is 38.2 Å². The van der Waals surface area contributed by atoms with Gasteiger partial charge in [0.1, 0.15) is 5.82 Å².